The molecule has 8 nitrogen and oxygen atoms in total. The summed E-state index contributed by atoms with van der Waals surface area (Å²) in [6, 6.07) is 11.6. The third kappa shape index (κ3) is 3.77. The SMILES string of the molecule is COc1cc(N2CC[C@@H](Oc3ccc4ncccc4c3)[C@H](O)C2)nc(OC)n1. The molecular formula is C20H22N4O4. The topological polar surface area (TPSA) is 89.8 Å². The second kappa shape index (κ2) is 7.85. The number of anilines is 1. The molecule has 0 saturated carbocycles. The van der Waals surface area contributed by atoms with Crippen LogP contribution in [0.2, 0.25) is 0 Å². The van der Waals surface area contributed by atoms with E-state index in [9.17, 15) is 5.11 Å². The summed E-state index contributed by atoms with van der Waals surface area (Å²) in [6.07, 6.45) is 1.46. The summed E-state index contributed by atoms with van der Waals surface area (Å²) in [4.78, 5) is 14.7. The Kier molecular flexibility index (Phi) is 5.12. The molecule has 2 aromatic heterocycles. The predicted molar refractivity (Wildman–Crippen MR) is 104 cm³/mol. The van der Waals surface area contributed by atoms with E-state index in [-0.39, 0.29) is 12.1 Å². The molecular weight excluding hydrogens is 360 g/mol. The molecule has 3 aromatic rings. The van der Waals surface area contributed by atoms with E-state index in [0.717, 1.165) is 16.7 Å². The highest BCUT2D eigenvalue weighted by Crippen LogP contribution is 2.27. The fourth-order valence-electron chi connectivity index (χ4n) is 3.31. The lowest BCUT2D eigenvalue weighted by atomic mass is 10.0. The molecule has 1 N–H and O–H groups in total. The predicted octanol–water partition coefficient (Wildman–Crippen LogP) is 2.06. The normalized spacial score (nSPS) is 19.5. The van der Waals surface area contributed by atoms with Crippen molar-refractivity contribution in [2.45, 2.75) is 18.6 Å². The minimum Gasteiger partial charge on any atom is -0.488 e. The second-order valence-electron chi connectivity index (χ2n) is 6.57. The first-order valence-electron chi connectivity index (χ1n) is 9.08. The molecule has 0 spiro atoms. The summed E-state index contributed by atoms with van der Waals surface area (Å²) >= 11 is 0. The molecule has 0 radical (unpaired) electrons. The first kappa shape index (κ1) is 18.2. The van der Waals surface area contributed by atoms with Crippen molar-refractivity contribution in [1.82, 2.24) is 15.0 Å². The minimum absolute atomic E-state index is 0.229. The lowest BCUT2D eigenvalue weighted by Gasteiger charge is -2.36. The molecule has 4 rings (SSSR count). The van der Waals surface area contributed by atoms with Crippen molar-refractivity contribution in [2.75, 3.05) is 32.2 Å². The van der Waals surface area contributed by atoms with Crippen molar-refractivity contribution >= 4 is 16.7 Å². The van der Waals surface area contributed by atoms with E-state index in [1.54, 1.807) is 19.4 Å². The summed E-state index contributed by atoms with van der Waals surface area (Å²) in [5.41, 5.74) is 0.914. The van der Waals surface area contributed by atoms with Gasteiger partial charge < -0.3 is 24.2 Å². The minimum atomic E-state index is -0.662. The maximum atomic E-state index is 10.6. The fourth-order valence-corrected chi connectivity index (χ4v) is 3.31. The van der Waals surface area contributed by atoms with Crippen molar-refractivity contribution < 1.29 is 19.3 Å². The van der Waals surface area contributed by atoms with Gasteiger partial charge in [0.15, 0.2) is 0 Å². The molecule has 28 heavy (non-hydrogen) atoms. The van der Waals surface area contributed by atoms with Crippen LogP contribution in [-0.4, -0.2) is 59.6 Å². The van der Waals surface area contributed by atoms with Crippen LogP contribution < -0.4 is 19.1 Å². The zero-order valence-corrected chi connectivity index (χ0v) is 15.8. The number of nitrogens with zero attached hydrogens (tertiary/aromatic N) is 4. The zero-order valence-electron chi connectivity index (χ0n) is 15.8. The van der Waals surface area contributed by atoms with Crippen LogP contribution in [0.4, 0.5) is 5.82 Å². The third-order valence-corrected chi connectivity index (χ3v) is 4.77. The summed E-state index contributed by atoms with van der Waals surface area (Å²) in [5.74, 6) is 1.79. The molecule has 1 aliphatic rings. The maximum absolute atomic E-state index is 10.6. The van der Waals surface area contributed by atoms with Gasteiger partial charge in [0.1, 0.15) is 23.8 Å². The van der Waals surface area contributed by atoms with E-state index in [1.165, 1.54) is 7.11 Å². The van der Waals surface area contributed by atoms with Crippen molar-refractivity contribution in [3.8, 4) is 17.6 Å². The summed E-state index contributed by atoms with van der Waals surface area (Å²) < 4.78 is 16.4. The van der Waals surface area contributed by atoms with Crippen LogP contribution in [0.1, 0.15) is 6.42 Å². The van der Waals surface area contributed by atoms with E-state index in [1.807, 2.05) is 35.2 Å². The average molecular weight is 382 g/mol. The maximum Gasteiger partial charge on any atom is 0.321 e. The number of aliphatic hydroxyl groups excluding tert-OH is 1. The number of ether oxygens (including phenoxy) is 3. The molecule has 2 atom stereocenters. The Hall–Kier alpha value is -3.13. The Labute approximate surface area is 162 Å². The van der Waals surface area contributed by atoms with Gasteiger partial charge in [-0.3, -0.25) is 4.98 Å². The molecule has 1 saturated heterocycles. The van der Waals surface area contributed by atoms with E-state index in [0.29, 0.717) is 31.2 Å². The van der Waals surface area contributed by atoms with Gasteiger partial charge in [0, 0.05) is 37.2 Å². The van der Waals surface area contributed by atoms with Gasteiger partial charge in [-0.25, -0.2) is 0 Å². The number of methoxy groups -OCH3 is 2. The van der Waals surface area contributed by atoms with Gasteiger partial charge in [-0.1, -0.05) is 6.07 Å². The molecule has 3 heterocycles. The summed E-state index contributed by atoms with van der Waals surface area (Å²) in [7, 11) is 3.05. The van der Waals surface area contributed by atoms with Gasteiger partial charge in [-0.05, 0) is 24.3 Å². The van der Waals surface area contributed by atoms with Crippen molar-refractivity contribution in [3.05, 3.63) is 42.6 Å². The van der Waals surface area contributed by atoms with Crippen molar-refractivity contribution in [3.63, 3.8) is 0 Å². The van der Waals surface area contributed by atoms with Crippen molar-refractivity contribution in [1.29, 1.82) is 0 Å². The molecule has 146 valence electrons. The number of aromatic nitrogens is 3. The lowest BCUT2D eigenvalue weighted by molar-refractivity contribution is 0.0241. The van der Waals surface area contributed by atoms with Crippen molar-refractivity contribution in [2.24, 2.45) is 0 Å². The second-order valence-corrected chi connectivity index (χ2v) is 6.57. The van der Waals surface area contributed by atoms with E-state index >= 15 is 0 Å². The molecule has 1 fully saturated rings. The van der Waals surface area contributed by atoms with Crippen LogP contribution in [0.3, 0.4) is 0 Å². The van der Waals surface area contributed by atoms with E-state index < -0.39 is 6.10 Å². The Morgan fingerprint density at radius 2 is 2.00 bits per heavy atom. The number of hydrogen-bond donors (Lipinski definition) is 1. The van der Waals surface area contributed by atoms with Gasteiger partial charge in [-0.2, -0.15) is 9.97 Å². The van der Waals surface area contributed by atoms with Crippen LogP contribution >= 0.6 is 0 Å². The monoisotopic (exact) mass is 382 g/mol. The standard InChI is InChI=1S/C20H22N4O4/c1-26-19-11-18(22-20(23-19)27-2)24-9-7-17(16(25)12-24)28-14-5-6-15-13(10-14)4-3-8-21-15/h3-6,8,10-11,16-17,25H,7,9,12H2,1-2H3/t16-,17-/m1/s1. The molecule has 8 heteroatoms. The number of piperidine rings is 1. The molecule has 1 aromatic carbocycles. The first-order chi connectivity index (χ1) is 13.7. The van der Waals surface area contributed by atoms with E-state index in [2.05, 4.69) is 15.0 Å². The largest absolute Gasteiger partial charge is 0.488 e. The van der Waals surface area contributed by atoms with Crippen LogP contribution in [0.5, 0.6) is 17.6 Å². The summed E-state index contributed by atoms with van der Waals surface area (Å²) in [6.45, 7) is 1.07. The molecule has 0 aliphatic carbocycles. The zero-order chi connectivity index (χ0) is 19.5. The van der Waals surface area contributed by atoms with Crippen LogP contribution in [0, 0.1) is 0 Å². The molecule has 1 aliphatic heterocycles. The Bertz CT molecular complexity index is 946. The molecule has 0 amide bonds. The van der Waals surface area contributed by atoms with Gasteiger partial charge in [0.25, 0.3) is 0 Å². The van der Waals surface area contributed by atoms with Gasteiger partial charge in [0.2, 0.25) is 5.88 Å². The van der Waals surface area contributed by atoms with Crippen LogP contribution in [0.25, 0.3) is 10.9 Å². The van der Waals surface area contributed by atoms with Crippen LogP contribution in [0.15, 0.2) is 42.6 Å². The third-order valence-electron chi connectivity index (χ3n) is 4.77. The van der Waals surface area contributed by atoms with Gasteiger partial charge in [0.05, 0.1) is 19.7 Å². The van der Waals surface area contributed by atoms with Crippen LogP contribution in [-0.2, 0) is 0 Å². The molecule has 0 bridgehead atoms. The Morgan fingerprint density at radius 3 is 2.79 bits per heavy atom. The number of rotatable bonds is 5. The number of hydrogen-bond acceptors (Lipinski definition) is 8. The number of aliphatic hydroxyl groups is 1. The molecule has 0 unspecified atom stereocenters. The number of benzene rings is 1. The van der Waals surface area contributed by atoms with Gasteiger partial charge >= 0.3 is 6.01 Å². The summed E-state index contributed by atoms with van der Waals surface area (Å²) in [5, 5.41) is 11.6. The highest BCUT2D eigenvalue weighted by Gasteiger charge is 2.30. The highest BCUT2D eigenvalue weighted by atomic mass is 16.5. The average Bonchev–Trinajstić information content (AvgIpc) is 2.74. The number of β-amino-alcohol motifs (C(OH)–C–C–N with tert-alkyl or cyclic N) is 1. The number of fused-ring (bicyclic) bond motifs is 1. The quantitative estimate of drug-likeness (QED) is 0.717. The van der Waals surface area contributed by atoms with Gasteiger partial charge in [-0.15, -0.1) is 0 Å². The smallest absolute Gasteiger partial charge is 0.321 e. The first-order valence-corrected chi connectivity index (χ1v) is 9.08. The Balaban J connectivity index is 1.46. The Morgan fingerprint density at radius 1 is 1.11 bits per heavy atom. The van der Waals surface area contributed by atoms with E-state index in [4.69, 9.17) is 14.2 Å². The highest BCUT2D eigenvalue weighted by molar-refractivity contribution is 5.79. The lowest BCUT2D eigenvalue weighted by Crippen LogP contribution is -2.49. The number of pyridine rings is 1. The fraction of sp³-hybridized carbons (Fsp3) is 0.350.